The van der Waals surface area contributed by atoms with E-state index in [9.17, 15) is 13.2 Å². The van der Waals surface area contributed by atoms with Gasteiger partial charge in [0.05, 0.1) is 4.90 Å². The number of rotatable bonds is 9. The maximum absolute atomic E-state index is 12.5. The van der Waals surface area contributed by atoms with E-state index in [2.05, 4.69) is 5.32 Å². The van der Waals surface area contributed by atoms with Gasteiger partial charge in [0.1, 0.15) is 5.75 Å². The number of aryl methyl sites for hydroxylation is 1. The van der Waals surface area contributed by atoms with Gasteiger partial charge in [-0.15, -0.1) is 0 Å². The Hall–Kier alpha value is -2.38. The fraction of sp³-hybridized carbons (Fsp3) is 0.381. The summed E-state index contributed by atoms with van der Waals surface area (Å²) < 4.78 is 32.2. The number of hydrogen-bond donors (Lipinski definition) is 1. The maximum Gasteiger partial charge on any atom is 0.265 e. The topological polar surface area (TPSA) is 75.7 Å². The van der Waals surface area contributed by atoms with Crippen molar-refractivity contribution in [1.29, 1.82) is 0 Å². The summed E-state index contributed by atoms with van der Waals surface area (Å²) in [6.07, 6.45) is -0.129. The van der Waals surface area contributed by atoms with Crippen molar-refractivity contribution in [2.75, 3.05) is 18.4 Å². The summed E-state index contributed by atoms with van der Waals surface area (Å²) in [6.45, 7) is 8.27. The molecule has 2 rings (SSSR count). The van der Waals surface area contributed by atoms with Crippen molar-refractivity contribution in [3.05, 3.63) is 54.1 Å². The number of benzene rings is 2. The van der Waals surface area contributed by atoms with Crippen molar-refractivity contribution >= 4 is 21.6 Å². The lowest BCUT2D eigenvalue weighted by Crippen LogP contribution is -2.32. The second-order valence-corrected chi connectivity index (χ2v) is 8.37. The quantitative estimate of drug-likeness (QED) is 0.689. The van der Waals surface area contributed by atoms with Crippen LogP contribution in [0.2, 0.25) is 0 Å². The lowest BCUT2D eigenvalue weighted by atomic mass is 10.2. The van der Waals surface area contributed by atoms with E-state index in [1.807, 2.05) is 38.1 Å². The number of anilines is 1. The van der Waals surface area contributed by atoms with Gasteiger partial charge in [0.2, 0.25) is 10.0 Å². The largest absolute Gasteiger partial charge is 0.481 e. The Morgan fingerprint density at radius 3 is 2.07 bits per heavy atom. The molecule has 0 fully saturated rings. The number of amides is 1. The number of ether oxygens (including phenoxy) is 1. The van der Waals surface area contributed by atoms with Crippen LogP contribution in [0.4, 0.5) is 5.69 Å². The van der Waals surface area contributed by atoms with E-state index in [4.69, 9.17) is 4.74 Å². The Morgan fingerprint density at radius 1 is 1.00 bits per heavy atom. The minimum Gasteiger partial charge on any atom is -0.481 e. The third-order valence-electron chi connectivity index (χ3n) is 4.43. The highest BCUT2D eigenvalue weighted by molar-refractivity contribution is 7.89. The lowest BCUT2D eigenvalue weighted by molar-refractivity contribution is -0.122. The van der Waals surface area contributed by atoms with Crippen LogP contribution in [0.15, 0.2) is 53.4 Å². The average Bonchev–Trinajstić information content (AvgIpc) is 2.68. The molecule has 2 aromatic carbocycles. The van der Waals surface area contributed by atoms with Crippen LogP contribution < -0.4 is 10.1 Å². The second kappa shape index (κ2) is 9.71. The summed E-state index contributed by atoms with van der Waals surface area (Å²) in [6, 6.07) is 13.7. The van der Waals surface area contributed by atoms with Crippen molar-refractivity contribution in [3.63, 3.8) is 0 Å². The number of carbonyl (C=O) groups excluding carboxylic acids is 1. The maximum atomic E-state index is 12.5. The molecule has 1 amide bonds. The van der Waals surface area contributed by atoms with Crippen molar-refractivity contribution in [1.82, 2.24) is 4.31 Å². The van der Waals surface area contributed by atoms with Crippen molar-refractivity contribution < 1.29 is 17.9 Å². The summed E-state index contributed by atoms with van der Waals surface area (Å²) in [5.74, 6) is 0.357. The molecule has 1 atom stereocenters. The monoisotopic (exact) mass is 404 g/mol. The highest BCUT2D eigenvalue weighted by Gasteiger charge is 2.22. The zero-order valence-electron chi connectivity index (χ0n) is 16.8. The van der Waals surface area contributed by atoms with E-state index >= 15 is 0 Å². The molecule has 0 spiro atoms. The molecule has 0 aliphatic carbocycles. The first-order valence-corrected chi connectivity index (χ1v) is 10.9. The van der Waals surface area contributed by atoms with Gasteiger partial charge in [-0.1, -0.05) is 38.5 Å². The minimum absolute atomic E-state index is 0.206. The van der Waals surface area contributed by atoms with Crippen molar-refractivity contribution in [3.8, 4) is 5.75 Å². The van der Waals surface area contributed by atoms with Gasteiger partial charge in [-0.3, -0.25) is 4.79 Å². The predicted molar refractivity (Wildman–Crippen MR) is 111 cm³/mol. The van der Waals surface area contributed by atoms with Crippen LogP contribution >= 0.6 is 0 Å². The first kappa shape index (κ1) is 21.9. The smallest absolute Gasteiger partial charge is 0.265 e. The van der Waals surface area contributed by atoms with Gasteiger partial charge in [-0.05, 0) is 49.7 Å². The first-order chi connectivity index (χ1) is 13.3. The molecule has 7 heteroatoms. The average molecular weight is 405 g/mol. The molecule has 1 N–H and O–H groups in total. The summed E-state index contributed by atoms with van der Waals surface area (Å²) in [4.78, 5) is 12.7. The molecule has 152 valence electrons. The zero-order valence-corrected chi connectivity index (χ0v) is 17.6. The Kier molecular flexibility index (Phi) is 7.60. The predicted octanol–water partition coefficient (Wildman–Crippen LogP) is 3.82. The number of nitrogens with one attached hydrogen (secondary N) is 1. The van der Waals surface area contributed by atoms with E-state index < -0.39 is 16.1 Å². The Balaban J connectivity index is 2.07. The van der Waals surface area contributed by atoms with Gasteiger partial charge in [-0.25, -0.2) is 8.42 Å². The summed E-state index contributed by atoms with van der Waals surface area (Å²) in [7, 11) is -3.52. The minimum atomic E-state index is -3.52. The Morgan fingerprint density at radius 2 is 1.57 bits per heavy atom. The molecule has 0 aliphatic rings. The van der Waals surface area contributed by atoms with E-state index in [-0.39, 0.29) is 10.8 Å². The number of carbonyl (C=O) groups is 1. The van der Waals surface area contributed by atoms with Crippen molar-refractivity contribution in [2.24, 2.45) is 0 Å². The van der Waals surface area contributed by atoms with Gasteiger partial charge >= 0.3 is 0 Å². The SMILES string of the molecule is CC[C@H](Oc1ccc(C)cc1)C(=O)Nc1ccc(S(=O)(=O)N(CC)CC)cc1. The number of hydrogen-bond acceptors (Lipinski definition) is 4. The van der Waals surface area contributed by atoms with E-state index in [1.165, 1.54) is 16.4 Å². The molecular weight excluding hydrogens is 376 g/mol. The number of nitrogens with zero attached hydrogens (tertiary/aromatic N) is 1. The fourth-order valence-electron chi connectivity index (χ4n) is 2.75. The van der Waals surface area contributed by atoms with Crippen molar-refractivity contribution in [2.45, 2.75) is 45.1 Å². The Bertz CT molecular complexity index is 874. The molecule has 0 saturated carbocycles. The molecule has 0 bridgehead atoms. The molecule has 0 aliphatic heterocycles. The lowest BCUT2D eigenvalue weighted by Gasteiger charge is -2.19. The normalized spacial score (nSPS) is 12.6. The summed E-state index contributed by atoms with van der Waals surface area (Å²) in [5, 5.41) is 2.79. The molecular formula is C21H28N2O4S. The van der Waals surface area contributed by atoms with E-state index in [0.29, 0.717) is 30.9 Å². The summed E-state index contributed by atoms with van der Waals surface area (Å²) >= 11 is 0. The van der Waals surface area contributed by atoms with Gasteiger partial charge in [0, 0.05) is 18.8 Å². The molecule has 0 unspecified atom stereocenters. The second-order valence-electron chi connectivity index (χ2n) is 6.43. The van der Waals surface area contributed by atoms with Crippen LogP contribution in [0.3, 0.4) is 0 Å². The molecule has 0 radical (unpaired) electrons. The van der Waals surface area contributed by atoms with Gasteiger partial charge in [-0.2, -0.15) is 4.31 Å². The number of sulfonamides is 1. The van der Waals surface area contributed by atoms with Crippen LogP contribution in [-0.4, -0.2) is 37.8 Å². The highest BCUT2D eigenvalue weighted by Crippen LogP contribution is 2.20. The van der Waals surface area contributed by atoms with Crippen LogP contribution in [-0.2, 0) is 14.8 Å². The van der Waals surface area contributed by atoms with E-state index in [1.54, 1.807) is 26.0 Å². The standard InChI is InChI=1S/C21H28N2O4S/c1-5-20(27-18-12-8-16(4)9-13-18)21(24)22-17-10-14-19(15-11-17)28(25,26)23(6-2)7-3/h8-15,20H,5-7H2,1-4H3,(H,22,24)/t20-/m0/s1. The molecule has 0 saturated heterocycles. The third-order valence-corrected chi connectivity index (χ3v) is 6.49. The fourth-order valence-corrected chi connectivity index (χ4v) is 4.21. The third kappa shape index (κ3) is 5.33. The zero-order chi connectivity index (χ0) is 20.7. The van der Waals surface area contributed by atoms with Gasteiger partial charge < -0.3 is 10.1 Å². The first-order valence-electron chi connectivity index (χ1n) is 9.46. The van der Waals surface area contributed by atoms with Crippen LogP contribution in [0.1, 0.15) is 32.8 Å². The molecule has 0 aromatic heterocycles. The molecule has 6 nitrogen and oxygen atoms in total. The molecule has 28 heavy (non-hydrogen) atoms. The van der Waals surface area contributed by atoms with Gasteiger partial charge in [0.15, 0.2) is 6.10 Å². The highest BCUT2D eigenvalue weighted by atomic mass is 32.2. The van der Waals surface area contributed by atoms with E-state index in [0.717, 1.165) is 5.56 Å². The van der Waals surface area contributed by atoms with Crippen LogP contribution in [0.5, 0.6) is 5.75 Å². The Labute approximate surface area is 167 Å². The summed E-state index contributed by atoms with van der Waals surface area (Å²) in [5.41, 5.74) is 1.64. The van der Waals surface area contributed by atoms with Crippen LogP contribution in [0.25, 0.3) is 0 Å². The molecule has 2 aromatic rings. The molecule has 0 heterocycles. The van der Waals surface area contributed by atoms with Crippen LogP contribution in [0, 0.1) is 6.92 Å². The van der Waals surface area contributed by atoms with Gasteiger partial charge in [0.25, 0.3) is 5.91 Å².